The average molecular weight is 451 g/mol. The lowest BCUT2D eigenvalue weighted by Gasteiger charge is -2.40. The molecular formula is C27H46O5. The predicted octanol–water partition coefficient (Wildman–Crippen LogP) is 7.06. The van der Waals surface area contributed by atoms with Crippen LogP contribution in [0, 0.1) is 29.6 Å². The Labute approximate surface area is 195 Å². The lowest BCUT2D eigenvalue weighted by atomic mass is 9.65. The van der Waals surface area contributed by atoms with Crippen molar-refractivity contribution in [2.75, 3.05) is 6.61 Å². The highest BCUT2D eigenvalue weighted by molar-refractivity contribution is 5.89. The molecule has 0 aromatic rings. The number of carbonyl (C=O) groups is 2. The lowest BCUT2D eigenvalue weighted by Crippen LogP contribution is -2.30. The van der Waals surface area contributed by atoms with E-state index in [1.807, 2.05) is 6.92 Å². The van der Waals surface area contributed by atoms with Crippen LogP contribution in [0.3, 0.4) is 0 Å². The van der Waals surface area contributed by atoms with Gasteiger partial charge in [0.05, 0.1) is 12.2 Å². The minimum atomic E-state index is -0.833. The molecule has 0 bridgehead atoms. The normalized spacial score (nSPS) is 30.8. The highest BCUT2D eigenvalue weighted by Gasteiger charge is 2.35. The molecule has 0 spiro atoms. The second-order valence-corrected chi connectivity index (χ2v) is 10.3. The summed E-state index contributed by atoms with van der Waals surface area (Å²) in [5, 5.41) is 17.9. The number of carbonyl (C=O) groups excluding carboxylic acids is 1. The lowest BCUT2D eigenvalue weighted by molar-refractivity contribution is -0.139. The first-order valence-corrected chi connectivity index (χ1v) is 13.1. The molecule has 5 heteroatoms. The number of allylic oxidation sites excluding steroid dienone is 1. The zero-order valence-corrected chi connectivity index (χ0v) is 20.6. The van der Waals surface area contributed by atoms with Crippen LogP contribution in [0.2, 0.25) is 0 Å². The maximum absolute atomic E-state index is 12.1. The fourth-order valence-electron chi connectivity index (χ4n) is 6.30. The first-order valence-electron chi connectivity index (χ1n) is 13.1. The van der Waals surface area contributed by atoms with Crippen molar-refractivity contribution in [1.82, 2.24) is 0 Å². The molecule has 3 aliphatic carbocycles. The van der Waals surface area contributed by atoms with E-state index in [4.69, 9.17) is 14.6 Å². The Balaban J connectivity index is 0.000000837. The maximum Gasteiger partial charge on any atom is 0.337 e. The Kier molecular flexibility index (Phi) is 11.6. The average Bonchev–Trinajstić information content (AvgIpc) is 2.78. The summed E-state index contributed by atoms with van der Waals surface area (Å²) in [6, 6.07) is 0. The van der Waals surface area contributed by atoms with Gasteiger partial charge in [0.15, 0.2) is 0 Å². The summed E-state index contributed by atoms with van der Waals surface area (Å²) in [5.74, 6) is 3.42. The number of hydrogen-bond acceptors (Lipinski definition) is 4. The number of aliphatic hydroxyl groups is 1. The number of rotatable bonds is 7. The van der Waals surface area contributed by atoms with E-state index in [1.165, 1.54) is 64.2 Å². The summed E-state index contributed by atoms with van der Waals surface area (Å²) in [6.45, 7) is 5.84. The quantitative estimate of drug-likeness (QED) is 0.406. The van der Waals surface area contributed by atoms with Crippen LogP contribution < -0.4 is 0 Å². The Bertz CT molecular complexity index is 606. The molecule has 0 heterocycles. The predicted molar refractivity (Wildman–Crippen MR) is 127 cm³/mol. The molecule has 5 nitrogen and oxygen atoms in total. The van der Waals surface area contributed by atoms with Crippen molar-refractivity contribution in [3.63, 3.8) is 0 Å². The molecule has 0 saturated heterocycles. The van der Waals surface area contributed by atoms with Crippen molar-refractivity contribution in [2.45, 2.75) is 111 Å². The van der Waals surface area contributed by atoms with Crippen LogP contribution in [0.1, 0.15) is 111 Å². The Morgan fingerprint density at radius 2 is 1.34 bits per heavy atom. The summed E-state index contributed by atoms with van der Waals surface area (Å²) in [6.07, 6.45) is 17.3. The minimum Gasteiger partial charge on any atom is -0.512 e. The summed E-state index contributed by atoms with van der Waals surface area (Å²) < 4.78 is 5.23. The Morgan fingerprint density at radius 3 is 1.81 bits per heavy atom. The van der Waals surface area contributed by atoms with Crippen molar-refractivity contribution in [3.05, 3.63) is 11.3 Å². The Hall–Kier alpha value is -1.52. The third-order valence-electron chi connectivity index (χ3n) is 7.99. The first kappa shape index (κ1) is 26.7. The molecule has 3 aliphatic rings. The van der Waals surface area contributed by atoms with Crippen molar-refractivity contribution >= 4 is 11.9 Å². The molecule has 0 aromatic carbocycles. The minimum absolute atomic E-state index is 0.291. The number of hydrogen-bond donors (Lipinski definition) is 2. The molecule has 0 aliphatic heterocycles. The van der Waals surface area contributed by atoms with E-state index in [0.717, 1.165) is 43.4 Å². The number of ether oxygens (including phenoxy) is 1. The smallest absolute Gasteiger partial charge is 0.337 e. The summed E-state index contributed by atoms with van der Waals surface area (Å²) in [4.78, 5) is 21.1. The number of esters is 1. The van der Waals surface area contributed by atoms with Crippen LogP contribution >= 0.6 is 0 Å². The van der Waals surface area contributed by atoms with Crippen LogP contribution in [0.4, 0.5) is 0 Å². The molecule has 0 radical (unpaired) electrons. The molecule has 0 aromatic heterocycles. The standard InChI is InChI=1S/C25H42O3.C2H4O2/c1-3-5-18-6-8-19(9-7-18)20-10-12-21(13-11-20)22-14-15-23(24(26)17-22)25(27)28-16-4-2;1-2(3)4/h18-22,26H,3-17H2,1-2H3;1H3,(H,3,4). The van der Waals surface area contributed by atoms with Crippen molar-refractivity contribution < 1.29 is 24.5 Å². The highest BCUT2D eigenvalue weighted by atomic mass is 16.5. The van der Waals surface area contributed by atoms with E-state index >= 15 is 0 Å². The molecular weight excluding hydrogens is 404 g/mol. The highest BCUT2D eigenvalue weighted by Crippen LogP contribution is 2.46. The third-order valence-corrected chi connectivity index (χ3v) is 7.99. The van der Waals surface area contributed by atoms with Gasteiger partial charge in [-0.3, -0.25) is 4.79 Å². The molecule has 1 atom stereocenters. The van der Waals surface area contributed by atoms with Gasteiger partial charge in [-0.1, -0.05) is 39.5 Å². The van der Waals surface area contributed by atoms with Gasteiger partial charge in [0.1, 0.15) is 5.76 Å². The van der Waals surface area contributed by atoms with Crippen LogP contribution in [-0.4, -0.2) is 28.8 Å². The van der Waals surface area contributed by atoms with Gasteiger partial charge in [0, 0.05) is 13.3 Å². The van der Waals surface area contributed by atoms with E-state index in [1.54, 1.807) is 0 Å². The van der Waals surface area contributed by atoms with Crippen LogP contribution in [0.25, 0.3) is 0 Å². The van der Waals surface area contributed by atoms with Gasteiger partial charge in [-0.05, 0) is 87.4 Å². The molecule has 1 unspecified atom stereocenters. The second kappa shape index (κ2) is 13.9. The summed E-state index contributed by atoms with van der Waals surface area (Å²) in [5.41, 5.74) is 0.544. The van der Waals surface area contributed by atoms with E-state index < -0.39 is 5.97 Å². The molecule has 3 rings (SSSR count). The fraction of sp³-hybridized carbons (Fsp3) is 0.852. The van der Waals surface area contributed by atoms with Crippen molar-refractivity contribution in [1.29, 1.82) is 0 Å². The number of carboxylic acids is 1. The van der Waals surface area contributed by atoms with E-state index in [0.29, 0.717) is 36.7 Å². The molecule has 2 N–H and O–H groups in total. The van der Waals surface area contributed by atoms with Gasteiger partial charge in [-0.15, -0.1) is 0 Å². The van der Waals surface area contributed by atoms with Gasteiger partial charge in [0.2, 0.25) is 0 Å². The number of aliphatic hydroxyl groups excluding tert-OH is 1. The van der Waals surface area contributed by atoms with E-state index in [9.17, 15) is 9.90 Å². The SMILES string of the molecule is CC(=O)O.CCCOC(=O)C1=C(O)CC(C2CCC(C3CCC(CCC)CC3)CC2)CC1. The van der Waals surface area contributed by atoms with E-state index in [-0.39, 0.29) is 5.97 Å². The summed E-state index contributed by atoms with van der Waals surface area (Å²) >= 11 is 0. The molecule has 184 valence electrons. The van der Waals surface area contributed by atoms with Gasteiger partial charge in [-0.25, -0.2) is 4.79 Å². The molecule has 2 fully saturated rings. The topological polar surface area (TPSA) is 83.8 Å². The fourth-order valence-corrected chi connectivity index (χ4v) is 6.30. The monoisotopic (exact) mass is 450 g/mol. The number of aliphatic carboxylic acids is 1. The largest absolute Gasteiger partial charge is 0.512 e. The van der Waals surface area contributed by atoms with E-state index in [2.05, 4.69) is 6.92 Å². The third kappa shape index (κ3) is 8.44. The van der Waals surface area contributed by atoms with Crippen molar-refractivity contribution in [3.8, 4) is 0 Å². The zero-order chi connectivity index (χ0) is 23.5. The maximum atomic E-state index is 12.1. The Morgan fingerprint density at radius 1 is 0.844 bits per heavy atom. The van der Waals surface area contributed by atoms with Crippen molar-refractivity contribution in [2.24, 2.45) is 29.6 Å². The van der Waals surface area contributed by atoms with Crippen LogP contribution in [0.5, 0.6) is 0 Å². The molecule has 32 heavy (non-hydrogen) atoms. The first-order chi connectivity index (χ1) is 15.3. The van der Waals surface area contributed by atoms with Gasteiger partial charge in [-0.2, -0.15) is 0 Å². The zero-order valence-electron chi connectivity index (χ0n) is 20.6. The van der Waals surface area contributed by atoms with Gasteiger partial charge in [0.25, 0.3) is 5.97 Å². The molecule has 0 amide bonds. The van der Waals surface area contributed by atoms with Crippen LogP contribution in [0.15, 0.2) is 11.3 Å². The molecule has 2 saturated carbocycles. The number of carboxylic acid groups (broad SMARTS) is 1. The van der Waals surface area contributed by atoms with Gasteiger partial charge < -0.3 is 14.9 Å². The van der Waals surface area contributed by atoms with Gasteiger partial charge >= 0.3 is 5.97 Å². The summed E-state index contributed by atoms with van der Waals surface area (Å²) in [7, 11) is 0. The van der Waals surface area contributed by atoms with Crippen LogP contribution in [-0.2, 0) is 14.3 Å². The second-order valence-electron chi connectivity index (χ2n) is 10.3.